The highest BCUT2D eigenvalue weighted by Crippen LogP contribution is 2.22. The minimum absolute atomic E-state index is 0.260. The van der Waals surface area contributed by atoms with Gasteiger partial charge in [0.2, 0.25) is 5.91 Å². The highest BCUT2D eigenvalue weighted by molar-refractivity contribution is 5.88. The van der Waals surface area contributed by atoms with Crippen LogP contribution in [0.4, 0.5) is 0 Å². The fourth-order valence-corrected chi connectivity index (χ4v) is 2.28. The van der Waals surface area contributed by atoms with E-state index in [0.29, 0.717) is 6.42 Å². The molecule has 0 saturated heterocycles. The van der Waals surface area contributed by atoms with Crippen LogP contribution < -0.4 is 5.32 Å². The first-order valence-electron chi connectivity index (χ1n) is 6.91. The summed E-state index contributed by atoms with van der Waals surface area (Å²) in [5.74, 6) is -1.30. The van der Waals surface area contributed by atoms with Gasteiger partial charge in [0.15, 0.2) is 0 Å². The molecule has 5 heteroatoms. The number of amides is 1. The number of nitrogens with one attached hydrogen (secondary N) is 2. The third-order valence-corrected chi connectivity index (χ3v) is 3.62. The average Bonchev–Trinajstić information content (AvgIpc) is 2.80. The lowest BCUT2D eigenvalue weighted by Gasteiger charge is -2.20. The van der Waals surface area contributed by atoms with E-state index in [1.54, 1.807) is 0 Å². The van der Waals surface area contributed by atoms with E-state index in [-0.39, 0.29) is 12.3 Å². The van der Waals surface area contributed by atoms with Gasteiger partial charge >= 0.3 is 5.97 Å². The first kappa shape index (κ1) is 15.1. The molecule has 0 saturated carbocycles. The standard InChI is InChI=1S/C16H20N2O3/c1-10-5-4-6-12-11(9-17-14(10)12)7-8-13(19)18-16(2,3)15(20)21/h4-6,9,17H,7-8H2,1-3H3,(H,18,19)(H,20,21). The molecule has 0 fully saturated rings. The Labute approximate surface area is 123 Å². The SMILES string of the molecule is Cc1cccc2c(CCC(=O)NC(C)(C)C(=O)O)c[nH]c12. The topological polar surface area (TPSA) is 82.2 Å². The lowest BCUT2D eigenvalue weighted by Crippen LogP contribution is -2.49. The third-order valence-electron chi connectivity index (χ3n) is 3.62. The van der Waals surface area contributed by atoms with Crippen molar-refractivity contribution >= 4 is 22.8 Å². The number of aromatic nitrogens is 1. The van der Waals surface area contributed by atoms with Gasteiger partial charge in [-0.2, -0.15) is 0 Å². The molecular weight excluding hydrogens is 268 g/mol. The Bertz CT molecular complexity index is 686. The Morgan fingerprint density at radius 2 is 2.05 bits per heavy atom. The number of aryl methyl sites for hydroxylation is 2. The maximum absolute atomic E-state index is 11.9. The zero-order chi connectivity index (χ0) is 15.6. The van der Waals surface area contributed by atoms with E-state index in [9.17, 15) is 9.59 Å². The second-order valence-electron chi connectivity index (χ2n) is 5.79. The molecule has 0 radical (unpaired) electrons. The molecular formula is C16H20N2O3. The van der Waals surface area contributed by atoms with Crippen molar-refractivity contribution in [2.24, 2.45) is 0 Å². The van der Waals surface area contributed by atoms with Crippen molar-refractivity contribution in [2.75, 3.05) is 0 Å². The minimum atomic E-state index is -1.24. The van der Waals surface area contributed by atoms with Gasteiger partial charge in [-0.15, -0.1) is 0 Å². The van der Waals surface area contributed by atoms with Crippen molar-refractivity contribution in [3.8, 4) is 0 Å². The monoisotopic (exact) mass is 288 g/mol. The van der Waals surface area contributed by atoms with Gasteiger partial charge in [0.1, 0.15) is 5.54 Å². The van der Waals surface area contributed by atoms with Crippen LogP contribution >= 0.6 is 0 Å². The Hall–Kier alpha value is -2.30. The number of hydrogen-bond acceptors (Lipinski definition) is 2. The van der Waals surface area contributed by atoms with Crippen LogP contribution in [0.5, 0.6) is 0 Å². The predicted octanol–water partition coefficient (Wildman–Crippen LogP) is 2.39. The summed E-state index contributed by atoms with van der Waals surface area (Å²) in [6.45, 7) is 4.98. The smallest absolute Gasteiger partial charge is 0.328 e. The van der Waals surface area contributed by atoms with Gasteiger partial charge in [-0.3, -0.25) is 4.79 Å². The molecule has 1 amide bonds. The van der Waals surface area contributed by atoms with E-state index >= 15 is 0 Å². The van der Waals surface area contributed by atoms with E-state index in [4.69, 9.17) is 5.11 Å². The minimum Gasteiger partial charge on any atom is -0.480 e. The summed E-state index contributed by atoms with van der Waals surface area (Å²) in [5, 5.41) is 12.6. The Morgan fingerprint density at radius 1 is 1.33 bits per heavy atom. The second kappa shape index (κ2) is 5.60. The molecule has 1 aromatic carbocycles. The molecule has 0 atom stereocenters. The van der Waals surface area contributed by atoms with Crippen molar-refractivity contribution in [3.63, 3.8) is 0 Å². The van der Waals surface area contributed by atoms with E-state index < -0.39 is 11.5 Å². The van der Waals surface area contributed by atoms with Crippen molar-refractivity contribution in [1.82, 2.24) is 10.3 Å². The number of carbonyl (C=O) groups is 2. The highest BCUT2D eigenvalue weighted by atomic mass is 16.4. The summed E-state index contributed by atoms with van der Waals surface area (Å²) >= 11 is 0. The number of aromatic amines is 1. The zero-order valence-electron chi connectivity index (χ0n) is 12.5. The number of benzene rings is 1. The molecule has 5 nitrogen and oxygen atoms in total. The van der Waals surface area contributed by atoms with E-state index in [0.717, 1.165) is 22.0 Å². The highest BCUT2D eigenvalue weighted by Gasteiger charge is 2.28. The summed E-state index contributed by atoms with van der Waals surface area (Å²) < 4.78 is 0. The number of aliphatic carboxylic acids is 1. The van der Waals surface area contributed by atoms with Crippen LogP contribution in [-0.4, -0.2) is 27.5 Å². The van der Waals surface area contributed by atoms with Crippen molar-refractivity contribution < 1.29 is 14.7 Å². The van der Waals surface area contributed by atoms with Crippen molar-refractivity contribution in [1.29, 1.82) is 0 Å². The molecule has 0 spiro atoms. The second-order valence-corrected chi connectivity index (χ2v) is 5.79. The van der Waals surface area contributed by atoms with Crippen LogP contribution in [0.1, 0.15) is 31.4 Å². The summed E-state index contributed by atoms with van der Waals surface area (Å²) in [7, 11) is 0. The number of H-pyrrole nitrogens is 1. The van der Waals surface area contributed by atoms with Crippen LogP contribution in [0, 0.1) is 6.92 Å². The summed E-state index contributed by atoms with van der Waals surface area (Å²) in [6.07, 6.45) is 2.75. The quantitative estimate of drug-likeness (QED) is 0.790. The van der Waals surface area contributed by atoms with Crippen LogP contribution in [0.15, 0.2) is 24.4 Å². The number of fused-ring (bicyclic) bond motifs is 1. The molecule has 1 heterocycles. The number of hydrogen-bond donors (Lipinski definition) is 3. The maximum atomic E-state index is 11.9. The number of para-hydroxylation sites is 1. The molecule has 0 aliphatic rings. The molecule has 0 bridgehead atoms. The summed E-state index contributed by atoms with van der Waals surface area (Å²) in [4.78, 5) is 26.1. The number of carbonyl (C=O) groups excluding carboxylic acids is 1. The number of carboxylic acid groups (broad SMARTS) is 1. The lowest BCUT2D eigenvalue weighted by molar-refractivity contribution is -0.146. The van der Waals surface area contributed by atoms with Crippen LogP contribution in [-0.2, 0) is 16.0 Å². The van der Waals surface area contributed by atoms with Crippen LogP contribution in [0.25, 0.3) is 10.9 Å². The molecule has 0 aliphatic heterocycles. The van der Waals surface area contributed by atoms with Gasteiger partial charge < -0.3 is 15.4 Å². The Balaban J connectivity index is 2.04. The molecule has 112 valence electrons. The summed E-state index contributed by atoms with van der Waals surface area (Å²) in [5.41, 5.74) is 2.07. The molecule has 0 unspecified atom stereocenters. The first-order valence-corrected chi connectivity index (χ1v) is 6.91. The lowest BCUT2D eigenvalue weighted by atomic mass is 10.0. The van der Waals surface area contributed by atoms with E-state index in [1.807, 2.05) is 31.3 Å². The normalized spacial score (nSPS) is 11.6. The molecule has 1 aromatic heterocycles. The van der Waals surface area contributed by atoms with E-state index in [1.165, 1.54) is 13.8 Å². The average molecular weight is 288 g/mol. The van der Waals surface area contributed by atoms with Gasteiger partial charge in [-0.1, -0.05) is 18.2 Å². The van der Waals surface area contributed by atoms with Gasteiger partial charge in [-0.25, -0.2) is 4.79 Å². The summed E-state index contributed by atoms with van der Waals surface area (Å²) in [6, 6.07) is 6.04. The fourth-order valence-electron chi connectivity index (χ4n) is 2.28. The van der Waals surface area contributed by atoms with Crippen molar-refractivity contribution in [3.05, 3.63) is 35.5 Å². The zero-order valence-corrected chi connectivity index (χ0v) is 12.5. The molecule has 3 N–H and O–H groups in total. The molecule has 2 rings (SSSR count). The first-order chi connectivity index (χ1) is 9.81. The predicted molar refractivity (Wildman–Crippen MR) is 81.2 cm³/mol. The van der Waals surface area contributed by atoms with Gasteiger partial charge in [0.05, 0.1) is 0 Å². The third kappa shape index (κ3) is 3.24. The van der Waals surface area contributed by atoms with Gasteiger partial charge in [0, 0.05) is 23.5 Å². The van der Waals surface area contributed by atoms with Gasteiger partial charge in [-0.05, 0) is 38.3 Å². The Kier molecular flexibility index (Phi) is 4.02. The molecule has 0 aliphatic carbocycles. The van der Waals surface area contributed by atoms with Gasteiger partial charge in [0.25, 0.3) is 0 Å². The van der Waals surface area contributed by atoms with Crippen LogP contribution in [0.3, 0.4) is 0 Å². The largest absolute Gasteiger partial charge is 0.480 e. The van der Waals surface area contributed by atoms with Crippen molar-refractivity contribution in [2.45, 2.75) is 39.2 Å². The Morgan fingerprint density at radius 3 is 2.71 bits per heavy atom. The fraction of sp³-hybridized carbons (Fsp3) is 0.375. The molecule has 21 heavy (non-hydrogen) atoms. The number of rotatable bonds is 5. The maximum Gasteiger partial charge on any atom is 0.328 e. The molecule has 2 aromatic rings. The van der Waals surface area contributed by atoms with E-state index in [2.05, 4.69) is 10.3 Å². The van der Waals surface area contributed by atoms with Crippen LogP contribution in [0.2, 0.25) is 0 Å². The number of carboxylic acids is 1.